The van der Waals surface area contributed by atoms with Crippen LogP contribution in [0.25, 0.3) is 10.8 Å². The normalized spacial score (nSPS) is 10.7. The summed E-state index contributed by atoms with van der Waals surface area (Å²) in [7, 11) is 0. The lowest BCUT2D eigenvalue weighted by Gasteiger charge is -2.11. The van der Waals surface area contributed by atoms with Crippen LogP contribution >= 0.6 is 0 Å². The summed E-state index contributed by atoms with van der Waals surface area (Å²) in [5.74, 6) is -0.533. The number of benzene rings is 3. The molecule has 3 nitrogen and oxygen atoms in total. The summed E-state index contributed by atoms with van der Waals surface area (Å²) in [5, 5.41) is 12.1. The second kappa shape index (κ2) is 6.13. The summed E-state index contributed by atoms with van der Waals surface area (Å²) in [6, 6.07) is 17.1. The van der Waals surface area contributed by atoms with E-state index in [2.05, 4.69) is 0 Å². The lowest BCUT2D eigenvalue weighted by Crippen LogP contribution is -2.06. The van der Waals surface area contributed by atoms with Crippen LogP contribution in [0.5, 0.6) is 5.75 Å². The molecule has 0 saturated heterocycles. The van der Waals surface area contributed by atoms with Gasteiger partial charge in [-0.2, -0.15) is 0 Å². The Morgan fingerprint density at radius 1 is 1.04 bits per heavy atom. The van der Waals surface area contributed by atoms with E-state index in [1.54, 1.807) is 13.0 Å². The van der Waals surface area contributed by atoms with E-state index in [0.29, 0.717) is 5.56 Å². The lowest BCUT2D eigenvalue weighted by atomic mass is 10.0. The first kappa shape index (κ1) is 15.1. The summed E-state index contributed by atoms with van der Waals surface area (Å²) in [6.07, 6.45) is 0. The molecule has 3 rings (SSSR count). The molecule has 23 heavy (non-hydrogen) atoms. The van der Waals surface area contributed by atoms with Gasteiger partial charge < -0.3 is 9.84 Å². The van der Waals surface area contributed by atoms with Crippen LogP contribution in [0, 0.1) is 13.8 Å². The highest BCUT2D eigenvalue weighted by atomic mass is 16.5. The van der Waals surface area contributed by atoms with Crippen LogP contribution in [-0.4, -0.2) is 11.1 Å². The van der Waals surface area contributed by atoms with Crippen molar-refractivity contribution in [3.8, 4) is 5.75 Å². The van der Waals surface area contributed by atoms with E-state index in [-0.39, 0.29) is 17.9 Å². The molecule has 3 heteroatoms. The van der Waals surface area contributed by atoms with Crippen molar-refractivity contribution in [2.45, 2.75) is 20.5 Å². The molecule has 0 saturated carbocycles. The van der Waals surface area contributed by atoms with Crippen molar-refractivity contribution < 1.29 is 14.6 Å². The zero-order chi connectivity index (χ0) is 16.4. The fourth-order valence-electron chi connectivity index (χ4n) is 2.58. The van der Waals surface area contributed by atoms with E-state index in [1.165, 1.54) is 0 Å². The predicted octanol–water partition coefficient (Wildman–Crippen LogP) is 4.52. The molecule has 0 aliphatic rings. The molecule has 0 aliphatic carbocycles. The zero-order valence-electron chi connectivity index (χ0n) is 13.2. The van der Waals surface area contributed by atoms with Gasteiger partial charge in [0.1, 0.15) is 17.9 Å². The van der Waals surface area contributed by atoms with Gasteiger partial charge in [-0.3, -0.25) is 0 Å². The van der Waals surface area contributed by atoms with Crippen LogP contribution in [0.1, 0.15) is 27.0 Å². The highest BCUT2D eigenvalue weighted by Gasteiger charge is 2.17. The second-order valence-electron chi connectivity index (χ2n) is 5.68. The second-order valence-corrected chi connectivity index (χ2v) is 5.68. The molecule has 1 N–H and O–H groups in total. The number of esters is 1. The van der Waals surface area contributed by atoms with E-state index in [0.717, 1.165) is 21.9 Å². The molecule has 0 radical (unpaired) electrons. The zero-order valence-corrected chi connectivity index (χ0v) is 13.2. The van der Waals surface area contributed by atoms with Crippen molar-refractivity contribution in [3.63, 3.8) is 0 Å². The van der Waals surface area contributed by atoms with Crippen molar-refractivity contribution in [2.75, 3.05) is 0 Å². The molecule has 3 aromatic carbocycles. The molecule has 0 spiro atoms. The molecule has 0 amide bonds. The Labute approximate surface area is 135 Å². The Morgan fingerprint density at radius 2 is 1.74 bits per heavy atom. The van der Waals surface area contributed by atoms with Crippen molar-refractivity contribution in [1.82, 2.24) is 0 Å². The smallest absolute Gasteiger partial charge is 0.342 e. The van der Waals surface area contributed by atoms with E-state index < -0.39 is 5.97 Å². The minimum Gasteiger partial charge on any atom is -0.507 e. The number of ether oxygens (including phenoxy) is 1. The minimum atomic E-state index is -0.517. The van der Waals surface area contributed by atoms with E-state index in [4.69, 9.17) is 4.74 Å². The maximum Gasteiger partial charge on any atom is 0.342 e. The molecule has 0 aromatic heterocycles. The monoisotopic (exact) mass is 306 g/mol. The first-order valence-corrected chi connectivity index (χ1v) is 7.50. The number of hydrogen-bond donors (Lipinski definition) is 1. The van der Waals surface area contributed by atoms with E-state index in [9.17, 15) is 9.90 Å². The van der Waals surface area contributed by atoms with Gasteiger partial charge in [-0.15, -0.1) is 0 Å². The maximum absolute atomic E-state index is 12.3. The van der Waals surface area contributed by atoms with Gasteiger partial charge in [0.05, 0.1) is 0 Å². The van der Waals surface area contributed by atoms with Gasteiger partial charge in [0.2, 0.25) is 0 Å². The molecule has 116 valence electrons. The van der Waals surface area contributed by atoms with Gasteiger partial charge in [0.25, 0.3) is 0 Å². The number of carbonyl (C=O) groups is 1. The van der Waals surface area contributed by atoms with Crippen LogP contribution in [0.3, 0.4) is 0 Å². The van der Waals surface area contributed by atoms with Gasteiger partial charge >= 0.3 is 5.97 Å². The molecule has 0 aliphatic heterocycles. The van der Waals surface area contributed by atoms with Crippen molar-refractivity contribution >= 4 is 16.7 Å². The summed E-state index contributed by atoms with van der Waals surface area (Å²) < 4.78 is 5.34. The van der Waals surface area contributed by atoms with Crippen LogP contribution in [0.2, 0.25) is 0 Å². The third-order valence-corrected chi connectivity index (χ3v) is 3.99. The van der Waals surface area contributed by atoms with Crippen LogP contribution in [-0.2, 0) is 11.3 Å². The van der Waals surface area contributed by atoms with E-state index >= 15 is 0 Å². The number of fused-ring (bicyclic) bond motifs is 1. The average molecular weight is 306 g/mol. The summed E-state index contributed by atoms with van der Waals surface area (Å²) >= 11 is 0. The Hall–Kier alpha value is -2.81. The highest BCUT2D eigenvalue weighted by molar-refractivity contribution is 6.00. The molecule has 0 heterocycles. The first-order chi connectivity index (χ1) is 11.1. The fraction of sp³-hybridized carbons (Fsp3) is 0.150. The summed E-state index contributed by atoms with van der Waals surface area (Å²) in [5.41, 5.74) is 2.96. The molecular weight excluding hydrogens is 288 g/mol. The van der Waals surface area contributed by atoms with Gasteiger partial charge in [-0.25, -0.2) is 4.79 Å². The van der Waals surface area contributed by atoms with Crippen molar-refractivity contribution in [1.29, 1.82) is 0 Å². The van der Waals surface area contributed by atoms with Gasteiger partial charge in [-0.05, 0) is 41.8 Å². The van der Waals surface area contributed by atoms with Crippen LogP contribution < -0.4 is 0 Å². The van der Waals surface area contributed by atoms with Crippen LogP contribution in [0.4, 0.5) is 0 Å². The SMILES string of the molecule is Cc1ccc(COC(=O)c2cc3ccccc3c(C)c2O)cc1. The quantitative estimate of drug-likeness (QED) is 0.724. The number of phenolic OH excluding ortho intramolecular Hbond substituents is 1. The number of phenols is 1. The Kier molecular flexibility index (Phi) is 4.02. The third-order valence-electron chi connectivity index (χ3n) is 3.99. The molecular formula is C20H18O3. The molecule has 0 unspecified atom stereocenters. The van der Waals surface area contributed by atoms with Gasteiger partial charge in [-0.1, -0.05) is 54.1 Å². The molecule has 3 aromatic rings. The fourth-order valence-corrected chi connectivity index (χ4v) is 2.58. The predicted molar refractivity (Wildman–Crippen MR) is 90.6 cm³/mol. The number of rotatable bonds is 3. The standard InChI is InChI=1S/C20H18O3/c1-13-7-9-15(10-8-13)12-23-20(22)18-11-16-5-3-4-6-17(16)14(2)19(18)21/h3-11,21H,12H2,1-2H3. The molecule has 0 atom stereocenters. The Balaban J connectivity index is 1.86. The third kappa shape index (κ3) is 3.04. The largest absolute Gasteiger partial charge is 0.507 e. The number of aromatic hydroxyl groups is 1. The van der Waals surface area contributed by atoms with E-state index in [1.807, 2.05) is 55.5 Å². The van der Waals surface area contributed by atoms with Crippen molar-refractivity contribution in [2.24, 2.45) is 0 Å². The first-order valence-electron chi connectivity index (χ1n) is 7.50. The Bertz CT molecular complexity index is 864. The molecule has 0 fully saturated rings. The highest BCUT2D eigenvalue weighted by Crippen LogP contribution is 2.31. The minimum absolute atomic E-state index is 0.0161. The maximum atomic E-state index is 12.3. The van der Waals surface area contributed by atoms with Crippen molar-refractivity contribution in [3.05, 3.63) is 76.9 Å². The topological polar surface area (TPSA) is 46.5 Å². The number of aryl methyl sites for hydroxylation is 2. The summed E-state index contributed by atoms with van der Waals surface area (Å²) in [6.45, 7) is 3.99. The number of carbonyl (C=O) groups excluding carboxylic acids is 1. The van der Waals surface area contributed by atoms with Gasteiger partial charge in [0.15, 0.2) is 0 Å². The average Bonchev–Trinajstić information content (AvgIpc) is 2.57. The van der Waals surface area contributed by atoms with Gasteiger partial charge in [0, 0.05) is 0 Å². The number of hydrogen-bond acceptors (Lipinski definition) is 3. The lowest BCUT2D eigenvalue weighted by molar-refractivity contribution is 0.0469. The molecule has 0 bridgehead atoms. The van der Waals surface area contributed by atoms with Crippen LogP contribution in [0.15, 0.2) is 54.6 Å². The summed E-state index contributed by atoms with van der Waals surface area (Å²) in [4.78, 5) is 12.3. The Morgan fingerprint density at radius 3 is 2.48 bits per heavy atom.